The number of carbonyl (C=O) groups excluding carboxylic acids is 1. The van der Waals surface area contributed by atoms with Gasteiger partial charge in [0.05, 0.1) is 17.8 Å². The van der Waals surface area contributed by atoms with Gasteiger partial charge in [0.2, 0.25) is 0 Å². The lowest BCUT2D eigenvalue weighted by Crippen LogP contribution is -2.39. The standard InChI is InChI=1S/C29H32FN7O3/c1-19(2)37(14-9-31)29(38)22-15-20(30)3-4-25(22)40-27-17-33-18-35-28(27)36-12-7-21(8-13-36)39-26-6-11-34-24-5-10-32-16-23(24)26/h3-4,6,11,15,17-19,21,32H,5,7-8,10,12-14,16H2,1-2H3. The van der Waals surface area contributed by atoms with Crippen molar-refractivity contribution in [2.75, 3.05) is 31.1 Å². The van der Waals surface area contributed by atoms with Crippen molar-refractivity contribution in [1.82, 2.24) is 25.2 Å². The Balaban J connectivity index is 1.31. The highest BCUT2D eigenvalue weighted by molar-refractivity contribution is 5.97. The topological polar surface area (TPSA) is 116 Å². The smallest absolute Gasteiger partial charge is 0.258 e. The number of nitrogens with one attached hydrogen (secondary N) is 1. The lowest BCUT2D eigenvalue weighted by atomic mass is 10.0. The first-order chi connectivity index (χ1) is 19.4. The molecule has 2 aliphatic heterocycles. The highest BCUT2D eigenvalue weighted by Gasteiger charge is 2.27. The van der Waals surface area contributed by atoms with E-state index in [2.05, 4.69) is 25.2 Å². The number of nitriles is 1. The van der Waals surface area contributed by atoms with E-state index in [-0.39, 0.29) is 30.0 Å². The Kier molecular flexibility index (Phi) is 8.36. The van der Waals surface area contributed by atoms with E-state index in [1.165, 1.54) is 29.6 Å². The quantitative estimate of drug-likeness (QED) is 0.421. The number of anilines is 1. The maximum Gasteiger partial charge on any atom is 0.258 e. The first kappa shape index (κ1) is 27.3. The largest absolute Gasteiger partial charge is 0.490 e. The molecule has 2 aromatic heterocycles. The van der Waals surface area contributed by atoms with Gasteiger partial charge in [0.25, 0.3) is 5.91 Å². The number of rotatable bonds is 8. The van der Waals surface area contributed by atoms with Gasteiger partial charge in [-0.3, -0.25) is 9.78 Å². The summed E-state index contributed by atoms with van der Waals surface area (Å²) in [5.41, 5.74) is 2.26. The summed E-state index contributed by atoms with van der Waals surface area (Å²) in [7, 11) is 0. The minimum Gasteiger partial charge on any atom is -0.490 e. The molecule has 0 bridgehead atoms. The molecule has 1 aromatic carbocycles. The number of benzene rings is 1. The molecule has 0 atom stereocenters. The summed E-state index contributed by atoms with van der Waals surface area (Å²) in [6.45, 7) is 6.52. The monoisotopic (exact) mass is 545 g/mol. The minimum absolute atomic E-state index is 0.0287. The Hall–Kier alpha value is -4.30. The van der Waals surface area contributed by atoms with E-state index in [4.69, 9.17) is 9.47 Å². The molecule has 0 spiro atoms. The number of halogens is 1. The van der Waals surface area contributed by atoms with E-state index in [9.17, 15) is 14.4 Å². The number of pyridine rings is 1. The van der Waals surface area contributed by atoms with E-state index in [0.717, 1.165) is 55.4 Å². The van der Waals surface area contributed by atoms with Crippen molar-refractivity contribution in [3.63, 3.8) is 0 Å². The van der Waals surface area contributed by atoms with E-state index in [1.54, 1.807) is 13.8 Å². The van der Waals surface area contributed by atoms with Crippen molar-refractivity contribution in [3.05, 3.63) is 65.6 Å². The van der Waals surface area contributed by atoms with Crippen LogP contribution in [0, 0.1) is 17.1 Å². The Labute approximate surface area is 232 Å². The Morgan fingerprint density at radius 1 is 1.23 bits per heavy atom. The summed E-state index contributed by atoms with van der Waals surface area (Å²) in [4.78, 5) is 29.8. The predicted molar refractivity (Wildman–Crippen MR) is 146 cm³/mol. The van der Waals surface area contributed by atoms with Crippen LogP contribution < -0.4 is 19.7 Å². The molecule has 0 aliphatic carbocycles. The summed E-state index contributed by atoms with van der Waals surface area (Å²) in [6.07, 6.45) is 7.32. The van der Waals surface area contributed by atoms with Gasteiger partial charge in [-0.2, -0.15) is 5.26 Å². The van der Waals surface area contributed by atoms with Crippen molar-refractivity contribution in [1.29, 1.82) is 5.26 Å². The van der Waals surface area contributed by atoms with Gasteiger partial charge in [0.15, 0.2) is 11.6 Å². The zero-order valence-corrected chi connectivity index (χ0v) is 22.6. The van der Waals surface area contributed by atoms with Gasteiger partial charge in [-0.1, -0.05) is 0 Å². The van der Waals surface area contributed by atoms with Crippen LogP contribution in [0.5, 0.6) is 17.2 Å². The fourth-order valence-electron chi connectivity index (χ4n) is 5.03. The van der Waals surface area contributed by atoms with Crippen molar-refractivity contribution >= 4 is 11.7 Å². The number of hydrogen-bond acceptors (Lipinski definition) is 9. The fourth-order valence-corrected chi connectivity index (χ4v) is 5.03. The third-order valence-electron chi connectivity index (χ3n) is 7.15. The maximum absolute atomic E-state index is 14.2. The molecule has 4 heterocycles. The van der Waals surface area contributed by atoms with E-state index < -0.39 is 11.7 Å². The van der Waals surface area contributed by atoms with Gasteiger partial charge in [-0.15, -0.1) is 0 Å². The first-order valence-corrected chi connectivity index (χ1v) is 13.5. The number of amides is 1. The van der Waals surface area contributed by atoms with Gasteiger partial charge in [0.1, 0.15) is 36.3 Å². The van der Waals surface area contributed by atoms with Gasteiger partial charge in [-0.05, 0) is 38.1 Å². The molecule has 5 rings (SSSR count). The molecule has 3 aromatic rings. The van der Waals surface area contributed by atoms with E-state index in [1.807, 2.05) is 18.3 Å². The molecular formula is C29H32FN7O3. The molecule has 11 heteroatoms. The highest BCUT2D eigenvalue weighted by atomic mass is 19.1. The van der Waals surface area contributed by atoms with Crippen LogP contribution in [0.2, 0.25) is 0 Å². The molecule has 40 heavy (non-hydrogen) atoms. The molecular weight excluding hydrogens is 513 g/mol. The van der Waals surface area contributed by atoms with Gasteiger partial charge < -0.3 is 24.6 Å². The lowest BCUT2D eigenvalue weighted by molar-refractivity contribution is 0.0728. The molecule has 208 valence electrons. The SMILES string of the molecule is CC(C)N(CC#N)C(=O)c1cc(F)ccc1Oc1cncnc1N1CCC(Oc2ccnc3c2CNCC3)CC1. The van der Waals surface area contributed by atoms with Crippen LogP contribution in [0.1, 0.15) is 48.3 Å². The highest BCUT2D eigenvalue weighted by Crippen LogP contribution is 2.34. The van der Waals surface area contributed by atoms with Crippen LogP contribution in [-0.2, 0) is 13.0 Å². The molecule has 0 unspecified atom stereocenters. The van der Waals surface area contributed by atoms with Crippen LogP contribution >= 0.6 is 0 Å². The number of piperidine rings is 1. The Morgan fingerprint density at radius 2 is 2.05 bits per heavy atom. The van der Waals surface area contributed by atoms with Gasteiger partial charge in [0, 0.05) is 68.9 Å². The first-order valence-electron chi connectivity index (χ1n) is 13.5. The zero-order valence-electron chi connectivity index (χ0n) is 22.6. The van der Waals surface area contributed by atoms with Crippen LogP contribution in [0.15, 0.2) is 43.0 Å². The number of aromatic nitrogens is 3. The lowest BCUT2D eigenvalue weighted by Gasteiger charge is -2.34. The molecule has 1 N–H and O–H groups in total. The number of hydrogen-bond donors (Lipinski definition) is 1. The summed E-state index contributed by atoms with van der Waals surface area (Å²) in [5.74, 6) is 0.931. The number of ether oxygens (including phenoxy) is 2. The number of fused-ring (bicyclic) bond motifs is 1. The average molecular weight is 546 g/mol. The third kappa shape index (κ3) is 5.97. The second-order valence-corrected chi connectivity index (χ2v) is 10.1. The van der Waals surface area contributed by atoms with Gasteiger partial charge >= 0.3 is 0 Å². The van der Waals surface area contributed by atoms with Crippen molar-refractivity contribution in [2.45, 2.75) is 51.8 Å². The molecule has 1 fully saturated rings. The van der Waals surface area contributed by atoms with Crippen molar-refractivity contribution < 1.29 is 18.7 Å². The maximum atomic E-state index is 14.2. The average Bonchev–Trinajstić information content (AvgIpc) is 2.97. The van der Waals surface area contributed by atoms with E-state index in [0.29, 0.717) is 24.7 Å². The van der Waals surface area contributed by atoms with Crippen LogP contribution in [-0.4, -0.2) is 64.1 Å². The summed E-state index contributed by atoms with van der Waals surface area (Å²) >= 11 is 0. The molecule has 10 nitrogen and oxygen atoms in total. The molecule has 1 saturated heterocycles. The van der Waals surface area contributed by atoms with Crippen LogP contribution in [0.25, 0.3) is 0 Å². The summed E-state index contributed by atoms with van der Waals surface area (Å²) in [5, 5.41) is 12.6. The number of carbonyl (C=O) groups is 1. The molecule has 1 amide bonds. The van der Waals surface area contributed by atoms with Crippen LogP contribution in [0.4, 0.5) is 10.2 Å². The zero-order chi connectivity index (χ0) is 28.1. The predicted octanol–water partition coefficient (Wildman–Crippen LogP) is 3.87. The fraction of sp³-hybridized carbons (Fsp3) is 0.414. The van der Waals surface area contributed by atoms with Crippen molar-refractivity contribution in [2.24, 2.45) is 0 Å². The van der Waals surface area contributed by atoms with E-state index >= 15 is 0 Å². The Bertz CT molecular complexity index is 1400. The number of nitrogens with zero attached hydrogens (tertiary/aromatic N) is 6. The molecule has 0 saturated carbocycles. The Morgan fingerprint density at radius 3 is 2.83 bits per heavy atom. The van der Waals surface area contributed by atoms with Crippen molar-refractivity contribution in [3.8, 4) is 23.3 Å². The minimum atomic E-state index is -0.575. The second kappa shape index (κ2) is 12.3. The van der Waals surface area contributed by atoms with Gasteiger partial charge in [-0.25, -0.2) is 14.4 Å². The normalized spacial score (nSPS) is 15.3. The summed E-state index contributed by atoms with van der Waals surface area (Å²) < 4.78 is 26.8. The third-order valence-corrected chi connectivity index (χ3v) is 7.15. The van der Waals surface area contributed by atoms with Crippen LogP contribution in [0.3, 0.4) is 0 Å². The molecule has 2 aliphatic rings. The second-order valence-electron chi connectivity index (χ2n) is 10.1. The summed E-state index contributed by atoms with van der Waals surface area (Å²) in [6, 6.07) is 7.45. The molecule has 0 radical (unpaired) electrons.